The standard InChI is InChI=1S/C12H26O2.C8H16.C8H14/c1-11(9-13)7-5-3-4-6-8-12(2)10-14;2*1-7-3-5-8(2)6-4-7/h11-14H,3-10H2,1-2H3;7-8H,3-6H2,1-2H3;3,8H,4-6H2,1-2H3. The highest BCUT2D eigenvalue weighted by atomic mass is 16.3. The Kier molecular flexibility index (Phi) is 19.1. The first-order valence-corrected chi connectivity index (χ1v) is 13.2. The van der Waals surface area contributed by atoms with Crippen LogP contribution in [0.3, 0.4) is 0 Å². The van der Waals surface area contributed by atoms with E-state index in [1.54, 1.807) is 5.57 Å². The quantitative estimate of drug-likeness (QED) is 0.289. The van der Waals surface area contributed by atoms with E-state index < -0.39 is 0 Å². The summed E-state index contributed by atoms with van der Waals surface area (Å²) < 4.78 is 0. The SMILES string of the molecule is CC(CO)CCCCCCC(C)CO.CC1=CCC(C)CC1.CC1CCC(C)CC1. The number of aliphatic hydroxyl groups excluding tert-OH is 2. The fraction of sp³-hybridized carbons (Fsp3) is 0.929. The number of aliphatic hydroxyl groups is 2. The van der Waals surface area contributed by atoms with Crippen molar-refractivity contribution >= 4 is 0 Å². The van der Waals surface area contributed by atoms with Gasteiger partial charge in [-0.2, -0.15) is 0 Å². The van der Waals surface area contributed by atoms with Crippen LogP contribution >= 0.6 is 0 Å². The molecular weight excluding hydrogens is 368 g/mol. The van der Waals surface area contributed by atoms with Crippen LogP contribution in [0.25, 0.3) is 0 Å². The molecule has 2 nitrogen and oxygen atoms in total. The molecule has 0 aromatic carbocycles. The fourth-order valence-corrected chi connectivity index (χ4v) is 4.04. The summed E-state index contributed by atoms with van der Waals surface area (Å²) in [5.74, 6) is 3.91. The molecule has 3 atom stereocenters. The van der Waals surface area contributed by atoms with Crippen molar-refractivity contribution in [3.63, 3.8) is 0 Å². The van der Waals surface area contributed by atoms with Gasteiger partial charge in [-0.25, -0.2) is 0 Å². The van der Waals surface area contributed by atoms with Gasteiger partial charge in [-0.15, -0.1) is 0 Å². The second kappa shape index (κ2) is 19.4. The van der Waals surface area contributed by atoms with Crippen molar-refractivity contribution in [2.45, 2.75) is 125 Å². The van der Waals surface area contributed by atoms with Gasteiger partial charge in [0.25, 0.3) is 0 Å². The van der Waals surface area contributed by atoms with E-state index in [0.29, 0.717) is 25.0 Å². The molecule has 0 heterocycles. The molecule has 2 aliphatic rings. The predicted molar refractivity (Wildman–Crippen MR) is 134 cm³/mol. The van der Waals surface area contributed by atoms with Gasteiger partial charge >= 0.3 is 0 Å². The second-order valence-electron chi connectivity index (χ2n) is 10.9. The average molecular weight is 425 g/mol. The molecular formula is C28H56O2. The van der Waals surface area contributed by atoms with Crippen LogP contribution in [0, 0.1) is 29.6 Å². The number of hydrogen-bond acceptors (Lipinski definition) is 2. The Balaban J connectivity index is 0.000000447. The van der Waals surface area contributed by atoms with Crippen LogP contribution in [0.15, 0.2) is 11.6 Å². The Labute approximate surface area is 189 Å². The van der Waals surface area contributed by atoms with Gasteiger partial charge < -0.3 is 10.2 Å². The predicted octanol–water partition coefficient (Wildman–Crippen LogP) is 8.17. The van der Waals surface area contributed by atoms with Crippen molar-refractivity contribution in [2.24, 2.45) is 29.6 Å². The van der Waals surface area contributed by atoms with Gasteiger partial charge in [-0.1, -0.05) is 97.6 Å². The third-order valence-corrected chi connectivity index (χ3v) is 6.97. The third-order valence-electron chi connectivity index (χ3n) is 6.97. The zero-order chi connectivity index (χ0) is 22.8. The minimum atomic E-state index is 0.321. The van der Waals surface area contributed by atoms with Gasteiger partial charge in [0.2, 0.25) is 0 Å². The van der Waals surface area contributed by atoms with Gasteiger partial charge in [-0.05, 0) is 68.6 Å². The van der Waals surface area contributed by atoms with E-state index in [1.807, 2.05) is 0 Å². The van der Waals surface area contributed by atoms with Gasteiger partial charge in [0.15, 0.2) is 0 Å². The van der Waals surface area contributed by atoms with Crippen LogP contribution < -0.4 is 0 Å². The largest absolute Gasteiger partial charge is 0.396 e. The minimum Gasteiger partial charge on any atom is -0.396 e. The van der Waals surface area contributed by atoms with Crippen molar-refractivity contribution in [1.29, 1.82) is 0 Å². The molecule has 0 saturated heterocycles. The van der Waals surface area contributed by atoms with Gasteiger partial charge in [0, 0.05) is 13.2 Å². The zero-order valence-electron chi connectivity index (χ0n) is 21.5. The number of unbranched alkanes of at least 4 members (excludes halogenated alkanes) is 3. The molecule has 0 spiro atoms. The van der Waals surface area contributed by atoms with E-state index in [-0.39, 0.29) is 0 Å². The summed E-state index contributed by atoms with van der Waals surface area (Å²) in [6, 6.07) is 0. The highest BCUT2D eigenvalue weighted by Gasteiger charge is 2.13. The normalized spacial score (nSPS) is 25.7. The third kappa shape index (κ3) is 18.4. The topological polar surface area (TPSA) is 40.5 Å². The summed E-state index contributed by atoms with van der Waals surface area (Å²) in [5, 5.41) is 17.6. The van der Waals surface area contributed by atoms with Crippen molar-refractivity contribution in [2.75, 3.05) is 13.2 Å². The van der Waals surface area contributed by atoms with Crippen LogP contribution in [0.1, 0.15) is 125 Å². The molecule has 2 N–H and O–H groups in total. The molecule has 0 aromatic rings. The first-order chi connectivity index (χ1) is 14.3. The number of hydrogen-bond donors (Lipinski definition) is 2. The molecule has 0 bridgehead atoms. The van der Waals surface area contributed by atoms with E-state index in [0.717, 1.165) is 30.6 Å². The Morgan fingerprint density at radius 1 is 0.733 bits per heavy atom. The fourth-order valence-electron chi connectivity index (χ4n) is 4.04. The molecule has 30 heavy (non-hydrogen) atoms. The summed E-state index contributed by atoms with van der Waals surface area (Å²) in [7, 11) is 0. The van der Waals surface area contributed by atoms with Crippen molar-refractivity contribution in [3.8, 4) is 0 Å². The maximum atomic E-state index is 8.81. The summed E-state index contributed by atoms with van der Waals surface area (Å²) in [6.45, 7) is 14.1. The lowest BCUT2D eigenvalue weighted by Gasteiger charge is -2.22. The maximum absolute atomic E-state index is 8.81. The van der Waals surface area contributed by atoms with Crippen LogP contribution in [-0.4, -0.2) is 23.4 Å². The lowest BCUT2D eigenvalue weighted by molar-refractivity contribution is 0.223. The monoisotopic (exact) mass is 424 g/mol. The lowest BCUT2D eigenvalue weighted by Crippen LogP contribution is -2.08. The Morgan fingerprint density at radius 3 is 1.47 bits per heavy atom. The smallest absolute Gasteiger partial charge is 0.0456 e. The minimum absolute atomic E-state index is 0.321. The van der Waals surface area contributed by atoms with Crippen LogP contribution in [0.2, 0.25) is 0 Å². The van der Waals surface area contributed by atoms with E-state index >= 15 is 0 Å². The first kappa shape index (κ1) is 29.7. The van der Waals surface area contributed by atoms with Crippen LogP contribution in [0.5, 0.6) is 0 Å². The molecule has 0 amide bonds. The molecule has 3 unspecified atom stereocenters. The maximum Gasteiger partial charge on any atom is 0.0456 e. The van der Waals surface area contributed by atoms with E-state index in [1.165, 1.54) is 70.6 Å². The Hall–Kier alpha value is -0.340. The Bertz CT molecular complexity index is 371. The molecule has 1 fully saturated rings. The average Bonchev–Trinajstić information content (AvgIpc) is 2.75. The number of rotatable bonds is 9. The molecule has 2 aliphatic carbocycles. The van der Waals surface area contributed by atoms with Gasteiger partial charge in [0.1, 0.15) is 0 Å². The van der Waals surface area contributed by atoms with Crippen molar-refractivity contribution in [1.82, 2.24) is 0 Å². The van der Waals surface area contributed by atoms with Gasteiger partial charge in [0.05, 0.1) is 0 Å². The highest BCUT2D eigenvalue weighted by Crippen LogP contribution is 2.27. The molecule has 0 aromatic heterocycles. The molecule has 2 heteroatoms. The second-order valence-corrected chi connectivity index (χ2v) is 10.9. The van der Waals surface area contributed by atoms with E-state index in [2.05, 4.69) is 47.6 Å². The first-order valence-electron chi connectivity index (χ1n) is 13.2. The summed E-state index contributed by atoms with van der Waals surface area (Å²) in [5.41, 5.74) is 1.59. The van der Waals surface area contributed by atoms with E-state index in [9.17, 15) is 0 Å². The van der Waals surface area contributed by atoms with Crippen molar-refractivity contribution in [3.05, 3.63) is 11.6 Å². The van der Waals surface area contributed by atoms with Crippen LogP contribution in [0.4, 0.5) is 0 Å². The van der Waals surface area contributed by atoms with E-state index in [4.69, 9.17) is 10.2 Å². The number of allylic oxidation sites excluding steroid dienone is 2. The lowest BCUT2D eigenvalue weighted by atomic mass is 9.84. The summed E-state index contributed by atoms with van der Waals surface area (Å²) in [4.78, 5) is 0. The molecule has 0 aliphatic heterocycles. The zero-order valence-corrected chi connectivity index (χ0v) is 21.5. The summed E-state index contributed by atoms with van der Waals surface area (Å²) >= 11 is 0. The summed E-state index contributed by atoms with van der Waals surface area (Å²) in [6.07, 6.45) is 19.6. The molecule has 0 radical (unpaired) electrons. The molecule has 180 valence electrons. The molecule has 2 rings (SSSR count). The Morgan fingerprint density at radius 2 is 1.17 bits per heavy atom. The van der Waals surface area contributed by atoms with Gasteiger partial charge in [-0.3, -0.25) is 0 Å². The van der Waals surface area contributed by atoms with Crippen molar-refractivity contribution < 1.29 is 10.2 Å². The highest BCUT2D eigenvalue weighted by molar-refractivity contribution is 5.01. The van der Waals surface area contributed by atoms with Crippen LogP contribution in [-0.2, 0) is 0 Å². The molecule has 1 saturated carbocycles.